The summed E-state index contributed by atoms with van der Waals surface area (Å²) in [5.74, 6) is 0. The van der Waals surface area contributed by atoms with Crippen LogP contribution in [-0.2, 0) is 0 Å². The first-order valence-electron chi connectivity index (χ1n) is 4.19. The highest BCUT2D eigenvalue weighted by Crippen LogP contribution is 1.99. The Morgan fingerprint density at radius 2 is 2.00 bits per heavy atom. The zero-order valence-electron chi connectivity index (χ0n) is 7.06. The van der Waals surface area contributed by atoms with Crippen molar-refractivity contribution in [3.8, 4) is 0 Å². The van der Waals surface area contributed by atoms with Crippen molar-refractivity contribution in [1.29, 1.82) is 0 Å². The Morgan fingerprint density at radius 3 is 2.40 bits per heavy atom. The molecule has 0 aromatic carbocycles. The summed E-state index contributed by atoms with van der Waals surface area (Å²) in [6, 6.07) is 0.528. The number of nitrogens with one attached hydrogen (secondary N) is 1. The van der Waals surface area contributed by atoms with E-state index in [4.69, 9.17) is 5.11 Å². The molecule has 0 heterocycles. The lowest BCUT2D eigenvalue weighted by Crippen LogP contribution is -2.29. The van der Waals surface area contributed by atoms with Gasteiger partial charge in [0.1, 0.15) is 0 Å². The Hall–Kier alpha value is -0.0800. The zero-order valence-corrected chi connectivity index (χ0v) is 7.06. The van der Waals surface area contributed by atoms with Gasteiger partial charge in [-0.25, -0.2) is 0 Å². The van der Waals surface area contributed by atoms with Gasteiger partial charge in [0.05, 0.1) is 0 Å². The Kier molecular flexibility index (Phi) is 6.98. The van der Waals surface area contributed by atoms with Crippen LogP contribution in [0.2, 0.25) is 0 Å². The molecule has 0 amide bonds. The first-order valence-corrected chi connectivity index (χ1v) is 4.19. The van der Waals surface area contributed by atoms with Crippen molar-refractivity contribution in [2.24, 2.45) is 0 Å². The molecule has 10 heavy (non-hydrogen) atoms. The molecule has 0 fully saturated rings. The molecule has 0 aliphatic rings. The van der Waals surface area contributed by atoms with Crippen LogP contribution in [0.5, 0.6) is 0 Å². The topological polar surface area (TPSA) is 32.3 Å². The molecule has 62 valence electrons. The average molecular weight is 145 g/mol. The maximum Gasteiger partial charge on any atom is 0.0445 e. The van der Waals surface area contributed by atoms with E-state index in [0.29, 0.717) is 12.6 Å². The van der Waals surface area contributed by atoms with E-state index >= 15 is 0 Å². The maximum absolute atomic E-state index is 8.65. The average Bonchev–Trinajstić information content (AvgIpc) is 1.90. The van der Waals surface area contributed by atoms with Crippen molar-refractivity contribution in [2.45, 2.75) is 39.2 Å². The van der Waals surface area contributed by atoms with E-state index in [2.05, 4.69) is 19.2 Å². The standard InChI is InChI=1S/C8H19NO/c1-3-5-8(6-7-10)9-4-2/h8-10H,3-7H2,1-2H3/t8-/m0/s1. The van der Waals surface area contributed by atoms with Gasteiger partial charge in [0.2, 0.25) is 0 Å². The smallest absolute Gasteiger partial charge is 0.0445 e. The minimum Gasteiger partial charge on any atom is -0.396 e. The molecule has 0 aromatic rings. The van der Waals surface area contributed by atoms with E-state index in [1.165, 1.54) is 12.8 Å². The van der Waals surface area contributed by atoms with Crippen LogP contribution >= 0.6 is 0 Å². The highest BCUT2D eigenvalue weighted by atomic mass is 16.3. The molecule has 0 aromatic heterocycles. The van der Waals surface area contributed by atoms with E-state index in [0.717, 1.165) is 13.0 Å². The predicted molar refractivity (Wildman–Crippen MR) is 44.1 cm³/mol. The molecule has 2 nitrogen and oxygen atoms in total. The van der Waals surface area contributed by atoms with Crippen molar-refractivity contribution in [2.75, 3.05) is 13.2 Å². The van der Waals surface area contributed by atoms with Gasteiger partial charge in [-0.15, -0.1) is 0 Å². The van der Waals surface area contributed by atoms with Gasteiger partial charge in [-0.2, -0.15) is 0 Å². The number of aliphatic hydroxyl groups excluding tert-OH is 1. The second kappa shape index (κ2) is 7.03. The van der Waals surface area contributed by atoms with E-state index in [1.54, 1.807) is 0 Å². The maximum atomic E-state index is 8.65. The van der Waals surface area contributed by atoms with Crippen molar-refractivity contribution in [1.82, 2.24) is 5.32 Å². The van der Waals surface area contributed by atoms with Gasteiger partial charge >= 0.3 is 0 Å². The van der Waals surface area contributed by atoms with E-state index < -0.39 is 0 Å². The number of hydrogen-bond donors (Lipinski definition) is 2. The Bertz CT molecular complexity index is 52.0. The fourth-order valence-electron chi connectivity index (χ4n) is 1.14. The molecule has 0 saturated carbocycles. The van der Waals surface area contributed by atoms with Crippen LogP contribution in [0.25, 0.3) is 0 Å². The number of aliphatic hydroxyl groups is 1. The zero-order chi connectivity index (χ0) is 7.82. The van der Waals surface area contributed by atoms with Crippen molar-refractivity contribution in [3.05, 3.63) is 0 Å². The Morgan fingerprint density at radius 1 is 1.30 bits per heavy atom. The largest absolute Gasteiger partial charge is 0.396 e. The molecule has 0 spiro atoms. The molecule has 0 rings (SSSR count). The van der Waals surface area contributed by atoms with Crippen LogP contribution in [0, 0.1) is 0 Å². The second-order valence-corrected chi connectivity index (χ2v) is 2.56. The Balaban J connectivity index is 3.30. The summed E-state index contributed by atoms with van der Waals surface area (Å²) in [5, 5.41) is 12.0. The van der Waals surface area contributed by atoms with Gasteiger partial charge in [0.25, 0.3) is 0 Å². The first-order chi connectivity index (χ1) is 4.85. The van der Waals surface area contributed by atoms with Gasteiger partial charge < -0.3 is 10.4 Å². The molecule has 0 aliphatic carbocycles. The van der Waals surface area contributed by atoms with Gasteiger partial charge in [-0.1, -0.05) is 20.3 Å². The van der Waals surface area contributed by atoms with Crippen LogP contribution < -0.4 is 5.32 Å². The summed E-state index contributed by atoms with van der Waals surface area (Å²) in [6.07, 6.45) is 3.26. The van der Waals surface area contributed by atoms with Crippen LogP contribution in [0.1, 0.15) is 33.1 Å². The number of rotatable bonds is 6. The normalized spacial score (nSPS) is 13.5. The summed E-state index contributed by atoms with van der Waals surface area (Å²) in [4.78, 5) is 0. The predicted octanol–water partition coefficient (Wildman–Crippen LogP) is 1.15. The first kappa shape index (κ1) is 9.92. The van der Waals surface area contributed by atoms with Crippen LogP contribution in [0.4, 0.5) is 0 Å². The van der Waals surface area contributed by atoms with Gasteiger partial charge in [-0.05, 0) is 19.4 Å². The molecule has 1 atom stereocenters. The summed E-state index contributed by atoms with van der Waals surface area (Å²) in [6.45, 7) is 5.57. The van der Waals surface area contributed by atoms with Gasteiger partial charge in [-0.3, -0.25) is 0 Å². The van der Waals surface area contributed by atoms with Crippen LogP contribution in [-0.4, -0.2) is 24.3 Å². The summed E-state index contributed by atoms with van der Waals surface area (Å²) >= 11 is 0. The molecular formula is C8H19NO. The lowest BCUT2D eigenvalue weighted by Gasteiger charge is -2.14. The minimum absolute atomic E-state index is 0.303. The lowest BCUT2D eigenvalue weighted by atomic mass is 10.1. The van der Waals surface area contributed by atoms with Crippen LogP contribution in [0.3, 0.4) is 0 Å². The van der Waals surface area contributed by atoms with Gasteiger partial charge in [0.15, 0.2) is 0 Å². The van der Waals surface area contributed by atoms with Crippen LogP contribution in [0.15, 0.2) is 0 Å². The fraction of sp³-hybridized carbons (Fsp3) is 1.00. The highest BCUT2D eigenvalue weighted by molar-refractivity contribution is 4.63. The second-order valence-electron chi connectivity index (χ2n) is 2.56. The molecule has 0 bridgehead atoms. The number of hydrogen-bond acceptors (Lipinski definition) is 2. The molecular weight excluding hydrogens is 126 g/mol. The SMILES string of the molecule is CCC[C@@H](CCO)NCC. The Labute approximate surface area is 63.6 Å². The van der Waals surface area contributed by atoms with E-state index in [-0.39, 0.29) is 0 Å². The highest BCUT2D eigenvalue weighted by Gasteiger charge is 2.02. The molecule has 0 unspecified atom stereocenters. The molecule has 2 N–H and O–H groups in total. The summed E-state index contributed by atoms with van der Waals surface area (Å²) in [5.41, 5.74) is 0. The third-order valence-corrected chi connectivity index (χ3v) is 1.61. The molecule has 0 aliphatic heterocycles. The molecule has 2 heteroatoms. The lowest BCUT2D eigenvalue weighted by molar-refractivity contribution is 0.261. The van der Waals surface area contributed by atoms with E-state index in [9.17, 15) is 0 Å². The van der Waals surface area contributed by atoms with Crippen molar-refractivity contribution < 1.29 is 5.11 Å². The minimum atomic E-state index is 0.303. The summed E-state index contributed by atoms with van der Waals surface area (Å²) in [7, 11) is 0. The quantitative estimate of drug-likeness (QED) is 0.587. The molecule has 0 radical (unpaired) electrons. The van der Waals surface area contributed by atoms with Crippen molar-refractivity contribution >= 4 is 0 Å². The monoisotopic (exact) mass is 145 g/mol. The van der Waals surface area contributed by atoms with E-state index in [1.807, 2.05) is 0 Å². The fourth-order valence-corrected chi connectivity index (χ4v) is 1.14. The van der Waals surface area contributed by atoms with Gasteiger partial charge in [0, 0.05) is 12.6 Å². The molecule has 0 saturated heterocycles. The third-order valence-electron chi connectivity index (χ3n) is 1.61. The van der Waals surface area contributed by atoms with Crippen molar-refractivity contribution in [3.63, 3.8) is 0 Å². The summed E-state index contributed by atoms with van der Waals surface area (Å²) < 4.78 is 0. The third kappa shape index (κ3) is 4.77.